The Morgan fingerprint density at radius 1 is 1.37 bits per heavy atom. The van der Waals surface area contributed by atoms with Crippen molar-refractivity contribution in [3.63, 3.8) is 0 Å². The molecule has 1 unspecified atom stereocenters. The topological polar surface area (TPSA) is 57.6 Å². The van der Waals surface area contributed by atoms with Crippen molar-refractivity contribution < 1.29 is 23.5 Å². The van der Waals surface area contributed by atoms with Crippen LogP contribution in [0.2, 0.25) is 5.02 Å². The van der Waals surface area contributed by atoms with E-state index in [1.807, 2.05) is 0 Å². The van der Waals surface area contributed by atoms with E-state index in [9.17, 15) is 18.4 Å². The van der Waals surface area contributed by atoms with E-state index in [1.54, 1.807) is 0 Å². The molecule has 0 saturated carbocycles. The van der Waals surface area contributed by atoms with Crippen LogP contribution in [-0.2, 0) is 4.79 Å². The first-order chi connectivity index (χ1) is 8.91. The Morgan fingerprint density at radius 2 is 2.05 bits per heavy atom. The second-order valence-corrected chi connectivity index (χ2v) is 5.28. The number of amides is 1. The van der Waals surface area contributed by atoms with E-state index in [2.05, 4.69) is 0 Å². The second-order valence-electron chi connectivity index (χ2n) is 3.88. The Kier molecular flexibility index (Phi) is 3.96. The average Bonchev–Trinajstić information content (AvgIpc) is 2.82. The lowest BCUT2D eigenvalue weighted by Crippen LogP contribution is -2.42. The van der Waals surface area contributed by atoms with E-state index in [-0.39, 0.29) is 11.6 Å². The number of nitrogens with zero attached hydrogens (tertiary/aromatic N) is 1. The van der Waals surface area contributed by atoms with Crippen molar-refractivity contribution in [3.8, 4) is 0 Å². The van der Waals surface area contributed by atoms with E-state index in [0.29, 0.717) is 12.1 Å². The van der Waals surface area contributed by atoms with Crippen LogP contribution in [0.1, 0.15) is 10.4 Å². The zero-order valence-electron chi connectivity index (χ0n) is 9.40. The quantitative estimate of drug-likeness (QED) is 0.851. The summed E-state index contributed by atoms with van der Waals surface area (Å²) in [4.78, 5) is 24.0. The normalized spacial score (nSPS) is 18.7. The number of hydrogen-bond acceptors (Lipinski definition) is 3. The Hall–Kier alpha value is -1.34. The molecule has 102 valence electrons. The molecule has 1 aliphatic rings. The number of halogens is 3. The van der Waals surface area contributed by atoms with Gasteiger partial charge >= 0.3 is 5.97 Å². The summed E-state index contributed by atoms with van der Waals surface area (Å²) in [7, 11) is 0. The molecule has 1 N–H and O–H groups in total. The summed E-state index contributed by atoms with van der Waals surface area (Å²) in [6.07, 6.45) is 0. The summed E-state index contributed by atoms with van der Waals surface area (Å²) in [5.41, 5.74) is -0.518. The highest BCUT2D eigenvalue weighted by atomic mass is 35.5. The molecule has 1 atom stereocenters. The Bertz CT molecular complexity index is 555. The monoisotopic (exact) mass is 307 g/mol. The first-order valence-electron chi connectivity index (χ1n) is 5.18. The van der Waals surface area contributed by atoms with Gasteiger partial charge < -0.3 is 10.0 Å². The van der Waals surface area contributed by atoms with Gasteiger partial charge in [-0.1, -0.05) is 11.6 Å². The van der Waals surface area contributed by atoms with Crippen LogP contribution in [-0.4, -0.2) is 39.6 Å². The van der Waals surface area contributed by atoms with Crippen LogP contribution < -0.4 is 0 Å². The zero-order chi connectivity index (χ0) is 14.2. The van der Waals surface area contributed by atoms with Gasteiger partial charge in [0.25, 0.3) is 5.91 Å². The predicted octanol–water partition coefficient (Wildman–Crippen LogP) is 2.22. The Balaban J connectivity index is 2.34. The molecule has 1 fully saturated rings. The molecule has 8 heteroatoms. The number of aliphatic carboxylic acids is 1. The highest BCUT2D eigenvalue weighted by molar-refractivity contribution is 7.99. The second kappa shape index (κ2) is 5.34. The van der Waals surface area contributed by atoms with Gasteiger partial charge in [-0.15, -0.1) is 11.8 Å². The number of hydrogen-bond donors (Lipinski definition) is 1. The predicted molar refractivity (Wildman–Crippen MR) is 66.3 cm³/mol. The fourth-order valence-corrected chi connectivity index (χ4v) is 2.98. The number of carbonyl (C=O) groups is 2. The molecule has 2 rings (SSSR count). The standard InChI is InChI=1S/C11H8ClF2NO3S/c12-6-2-7(13)5(1-8(6)14)10(16)15-4-19-3-9(15)11(17)18/h1-2,9H,3-4H2,(H,17,18). The lowest BCUT2D eigenvalue weighted by atomic mass is 10.1. The number of benzene rings is 1. The SMILES string of the molecule is O=C(O)C1CSCN1C(=O)c1cc(F)c(Cl)cc1F. The third-order valence-electron chi connectivity index (χ3n) is 2.67. The van der Waals surface area contributed by atoms with Crippen LogP contribution >= 0.6 is 23.4 Å². The van der Waals surface area contributed by atoms with Gasteiger partial charge in [0.15, 0.2) is 0 Å². The smallest absolute Gasteiger partial charge is 0.327 e. The van der Waals surface area contributed by atoms with Crippen molar-refractivity contribution in [3.05, 3.63) is 34.4 Å². The molecule has 1 amide bonds. The van der Waals surface area contributed by atoms with Gasteiger partial charge in [-0.25, -0.2) is 13.6 Å². The van der Waals surface area contributed by atoms with Gasteiger partial charge in [0.2, 0.25) is 0 Å². The summed E-state index contributed by atoms with van der Waals surface area (Å²) < 4.78 is 26.9. The van der Waals surface area contributed by atoms with Crippen molar-refractivity contribution >= 4 is 35.2 Å². The molecule has 0 bridgehead atoms. The third kappa shape index (κ3) is 2.66. The third-order valence-corrected chi connectivity index (χ3v) is 3.97. The molecule has 1 heterocycles. The van der Waals surface area contributed by atoms with Crippen molar-refractivity contribution in [1.82, 2.24) is 4.90 Å². The first kappa shape index (κ1) is 14.1. The van der Waals surface area contributed by atoms with Gasteiger partial charge in [-0.3, -0.25) is 4.79 Å². The fraction of sp³-hybridized carbons (Fsp3) is 0.273. The van der Waals surface area contributed by atoms with Gasteiger partial charge in [-0.2, -0.15) is 0 Å². The van der Waals surface area contributed by atoms with Gasteiger partial charge in [0.05, 0.1) is 16.5 Å². The lowest BCUT2D eigenvalue weighted by molar-refractivity contribution is -0.140. The molecule has 1 aromatic rings. The van der Waals surface area contributed by atoms with Crippen LogP contribution in [0, 0.1) is 11.6 Å². The van der Waals surface area contributed by atoms with Crippen LogP contribution in [0.3, 0.4) is 0 Å². The molecule has 1 saturated heterocycles. The van der Waals surface area contributed by atoms with Crippen LogP contribution in [0.5, 0.6) is 0 Å². The molecule has 0 radical (unpaired) electrons. The van der Waals surface area contributed by atoms with E-state index >= 15 is 0 Å². The molecule has 1 aromatic carbocycles. The molecule has 0 aromatic heterocycles. The summed E-state index contributed by atoms with van der Waals surface area (Å²) >= 11 is 6.63. The molecular formula is C11H8ClF2NO3S. The number of carbonyl (C=O) groups excluding carboxylic acids is 1. The highest BCUT2D eigenvalue weighted by Gasteiger charge is 2.36. The number of rotatable bonds is 2. The van der Waals surface area contributed by atoms with E-state index in [0.717, 1.165) is 4.90 Å². The number of carboxylic acid groups (broad SMARTS) is 1. The van der Waals surface area contributed by atoms with Crippen LogP contribution in [0.4, 0.5) is 8.78 Å². The minimum Gasteiger partial charge on any atom is -0.480 e. The molecule has 19 heavy (non-hydrogen) atoms. The van der Waals surface area contributed by atoms with Crippen molar-refractivity contribution in [2.75, 3.05) is 11.6 Å². The van der Waals surface area contributed by atoms with E-state index < -0.39 is 40.1 Å². The average molecular weight is 308 g/mol. The summed E-state index contributed by atoms with van der Waals surface area (Å²) in [6.45, 7) is 0. The number of carboxylic acids is 1. The summed E-state index contributed by atoms with van der Waals surface area (Å²) in [5, 5.41) is 8.52. The molecule has 0 aliphatic carbocycles. The molecule has 4 nitrogen and oxygen atoms in total. The molecule has 1 aliphatic heterocycles. The van der Waals surface area contributed by atoms with Crippen LogP contribution in [0.15, 0.2) is 12.1 Å². The van der Waals surface area contributed by atoms with Crippen molar-refractivity contribution in [2.45, 2.75) is 6.04 Å². The highest BCUT2D eigenvalue weighted by Crippen LogP contribution is 2.26. The fourth-order valence-electron chi connectivity index (χ4n) is 1.69. The maximum Gasteiger partial charge on any atom is 0.327 e. The largest absolute Gasteiger partial charge is 0.480 e. The zero-order valence-corrected chi connectivity index (χ0v) is 11.0. The number of thioether (sulfide) groups is 1. The Morgan fingerprint density at radius 3 is 2.68 bits per heavy atom. The van der Waals surface area contributed by atoms with Crippen LogP contribution in [0.25, 0.3) is 0 Å². The Labute approximate surface area is 116 Å². The maximum atomic E-state index is 13.6. The minimum absolute atomic E-state index is 0.124. The maximum absolute atomic E-state index is 13.6. The van der Waals surface area contributed by atoms with Gasteiger partial charge in [0, 0.05) is 5.75 Å². The van der Waals surface area contributed by atoms with Crippen molar-refractivity contribution in [2.24, 2.45) is 0 Å². The van der Waals surface area contributed by atoms with E-state index in [4.69, 9.17) is 16.7 Å². The lowest BCUT2D eigenvalue weighted by Gasteiger charge is -2.20. The molecular weight excluding hydrogens is 300 g/mol. The first-order valence-corrected chi connectivity index (χ1v) is 6.71. The van der Waals surface area contributed by atoms with E-state index in [1.165, 1.54) is 11.8 Å². The minimum atomic E-state index is -1.17. The van der Waals surface area contributed by atoms with Crippen molar-refractivity contribution in [1.29, 1.82) is 0 Å². The molecule has 0 spiro atoms. The van der Waals surface area contributed by atoms with Gasteiger partial charge in [-0.05, 0) is 12.1 Å². The summed E-state index contributed by atoms with van der Waals surface area (Å²) in [5.74, 6) is -3.58. The van der Waals surface area contributed by atoms with Gasteiger partial charge in [0.1, 0.15) is 17.7 Å². The summed E-state index contributed by atoms with van der Waals surface area (Å²) in [6, 6.07) is 0.348.